The second-order valence-corrected chi connectivity index (χ2v) is 6.02. The van der Waals surface area contributed by atoms with Crippen molar-refractivity contribution in [1.82, 2.24) is 15.3 Å². The average Bonchev–Trinajstić information content (AvgIpc) is 2.99. The van der Waals surface area contributed by atoms with E-state index in [9.17, 15) is 14.4 Å². The van der Waals surface area contributed by atoms with Crippen LogP contribution in [0, 0.1) is 5.41 Å². The molecule has 2 heterocycles. The van der Waals surface area contributed by atoms with Gasteiger partial charge in [0.1, 0.15) is 0 Å². The summed E-state index contributed by atoms with van der Waals surface area (Å²) in [5.74, 6) is -0.553. The molecule has 22 heavy (non-hydrogen) atoms. The third-order valence-corrected chi connectivity index (χ3v) is 4.22. The van der Waals surface area contributed by atoms with Crippen molar-refractivity contribution in [2.24, 2.45) is 5.41 Å². The van der Waals surface area contributed by atoms with Gasteiger partial charge in [0.15, 0.2) is 5.76 Å². The minimum absolute atomic E-state index is 0.00992. The Labute approximate surface area is 128 Å². The van der Waals surface area contributed by atoms with Gasteiger partial charge in [0.05, 0.1) is 12.8 Å². The fraction of sp³-hybridized carbons (Fsp3) is 0.533. The molecule has 118 valence electrons. The van der Waals surface area contributed by atoms with E-state index in [1.54, 1.807) is 6.07 Å². The first kappa shape index (κ1) is 14.6. The molecular formula is C15H19N3O4. The van der Waals surface area contributed by atoms with Gasteiger partial charge in [0.2, 0.25) is 5.91 Å². The predicted molar refractivity (Wildman–Crippen MR) is 76.4 cm³/mol. The van der Waals surface area contributed by atoms with Gasteiger partial charge in [-0.3, -0.25) is 19.4 Å². The number of carbonyl (C=O) groups excluding carboxylic acids is 3. The van der Waals surface area contributed by atoms with Crippen LogP contribution in [0.25, 0.3) is 0 Å². The molecule has 1 aromatic rings. The largest absolute Gasteiger partial charge is 0.459 e. The Balaban J connectivity index is 1.57. The molecule has 7 nitrogen and oxygen atoms in total. The van der Waals surface area contributed by atoms with E-state index in [0.29, 0.717) is 13.1 Å². The molecule has 1 N–H and O–H groups in total. The number of rotatable bonds is 4. The lowest BCUT2D eigenvalue weighted by Crippen LogP contribution is -2.50. The van der Waals surface area contributed by atoms with Crippen molar-refractivity contribution in [2.45, 2.75) is 26.2 Å². The molecule has 3 rings (SSSR count). The number of nitrogens with one attached hydrogen (secondary N) is 1. The molecule has 0 spiro atoms. The van der Waals surface area contributed by atoms with E-state index in [4.69, 9.17) is 4.42 Å². The standard InChI is InChI=1S/C15H19N3O4/c1-15(5-6-15)14(21)18-8-3-7-17(18)12(19)10-16-13(20)11-4-2-9-22-11/h2,4,9H,3,5-8,10H2,1H3,(H,16,20). The first-order valence-corrected chi connectivity index (χ1v) is 7.45. The summed E-state index contributed by atoms with van der Waals surface area (Å²) < 4.78 is 4.96. The van der Waals surface area contributed by atoms with Crippen LogP contribution in [0.5, 0.6) is 0 Å². The Morgan fingerprint density at radius 3 is 2.64 bits per heavy atom. The molecule has 1 aliphatic carbocycles. The molecule has 1 saturated carbocycles. The van der Waals surface area contributed by atoms with E-state index in [1.807, 2.05) is 6.92 Å². The summed E-state index contributed by atoms with van der Waals surface area (Å²) in [5, 5.41) is 5.50. The van der Waals surface area contributed by atoms with Gasteiger partial charge in [-0.05, 0) is 31.4 Å². The van der Waals surface area contributed by atoms with Crippen LogP contribution in [0.1, 0.15) is 36.7 Å². The average molecular weight is 305 g/mol. The van der Waals surface area contributed by atoms with Crippen LogP contribution >= 0.6 is 0 Å². The SMILES string of the molecule is CC1(C(=O)N2CCCN2C(=O)CNC(=O)c2ccco2)CC1. The van der Waals surface area contributed by atoms with E-state index in [-0.39, 0.29) is 29.5 Å². The molecule has 0 unspecified atom stereocenters. The number of nitrogens with zero attached hydrogens (tertiary/aromatic N) is 2. The molecule has 3 amide bonds. The second-order valence-electron chi connectivity index (χ2n) is 6.02. The van der Waals surface area contributed by atoms with Crippen LogP contribution in [0.15, 0.2) is 22.8 Å². The van der Waals surface area contributed by atoms with Crippen molar-refractivity contribution in [3.05, 3.63) is 24.2 Å². The quantitative estimate of drug-likeness (QED) is 0.891. The summed E-state index contributed by atoms with van der Waals surface area (Å²) in [4.78, 5) is 36.4. The predicted octanol–water partition coefficient (Wildman–Crippen LogP) is 0.785. The van der Waals surface area contributed by atoms with Crippen LogP contribution in [-0.2, 0) is 9.59 Å². The van der Waals surface area contributed by atoms with Gasteiger partial charge < -0.3 is 9.73 Å². The van der Waals surface area contributed by atoms with Crippen molar-refractivity contribution in [1.29, 1.82) is 0 Å². The summed E-state index contributed by atoms with van der Waals surface area (Å²) in [5.41, 5.74) is -0.305. The van der Waals surface area contributed by atoms with Crippen molar-refractivity contribution in [2.75, 3.05) is 19.6 Å². The minimum Gasteiger partial charge on any atom is -0.459 e. The highest BCUT2D eigenvalue weighted by molar-refractivity contribution is 5.94. The smallest absolute Gasteiger partial charge is 0.287 e. The maximum atomic E-state index is 12.4. The number of amides is 3. The Morgan fingerprint density at radius 2 is 2.00 bits per heavy atom. The molecule has 2 aliphatic rings. The Morgan fingerprint density at radius 1 is 1.27 bits per heavy atom. The maximum absolute atomic E-state index is 12.4. The lowest BCUT2D eigenvalue weighted by molar-refractivity contribution is -0.160. The highest BCUT2D eigenvalue weighted by Crippen LogP contribution is 2.47. The molecule has 1 aromatic heterocycles. The summed E-state index contributed by atoms with van der Waals surface area (Å²) in [6, 6.07) is 3.13. The number of hydrogen-bond acceptors (Lipinski definition) is 4. The third kappa shape index (κ3) is 2.70. The molecule has 7 heteroatoms. The van der Waals surface area contributed by atoms with Crippen molar-refractivity contribution >= 4 is 17.7 Å². The number of hydrazine groups is 1. The highest BCUT2D eigenvalue weighted by atomic mass is 16.3. The van der Waals surface area contributed by atoms with Gasteiger partial charge in [-0.25, -0.2) is 5.01 Å². The number of furan rings is 1. The van der Waals surface area contributed by atoms with E-state index in [0.717, 1.165) is 19.3 Å². The van der Waals surface area contributed by atoms with Crippen molar-refractivity contribution < 1.29 is 18.8 Å². The van der Waals surface area contributed by atoms with Crippen LogP contribution in [0.2, 0.25) is 0 Å². The zero-order valence-corrected chi connectivity index (χ0v) is 12.5. The lowest BCUT2D eigenvalue weighted by Gasteiger charge is -2.30. The van der Waals surface area contributed by atoms with Gasteiger partial charge in [0, 0.05) is 18.5 Å². The van der Waals surface area contributed by atoms with Crippen LogP contribution < -0.4 is 5.32 Å². The number of carbonyl (C=O) groups is 3. The fourth-order valence-electron chi connectivity index (χ4n) is 2.54. The molecule has 0 atom stereocenters. The maximum Gasteiger partial charge on any atom is 0.287 e. The van der Waals surface area contributed by atoms with Gasteiger partial charge in [-0.2, -0.15) is 0 Å². The van der Waals surface area contributed by atoms with Gasteiger partial charge >= 0.3 is 0 Å². The minimum atomic E-state index is -0.440. The normalized spacial score (nSPS) is 19.1. The molecular weight excluding hydrogens is 286 g/mol. The van der Waals surface area contributed by atoms with Crippen LogP contribution in [-0.4, -0.2) is 47.4 Å². The first-order chi connectivity index (χ1) is 10.5. The van der Waals surface area contributed by atoms with Crippen molar-refractivity contribution in [3.8, 4) is 0 Å². The topological polar surface area (TPSA) is 82.9 Å². The molecule has 1 saturated heterocycles. The Hall–Kier alpha value is -2.31. The first-order valence-electron chi connectivity index (χ1n) is 7.45. The fourth-order valence-corrected chi connectivity index (χ4v) is 2.54. The van der Waals surface area contributed by atoms with Gasteiger partial charge in [-0.15, -0.1) is 0 Å². The van der Waals surface area contributed by atoms with Gasteiger partial charge in [0.25, 0.3) is 11.8 Å². The van der Waals surface area contributed by atoms with Crippen LogP contribution in [0.4, 0.5) is 0 Å². The zero-order valence-electron chi connectivity index (χ0n) is 12.5. The second kappa shape index (κ2) is 5.47. The lowest BCUT2D eigenvalue weighted by atomic mass is 10.1. The van der Waals surface area contributed by atoms with E-state index in [1.165, 1.54) is 22.3 Å². The summed E-state index contributed by atoms with van der Waals surface area (Å²) in [6.07, 6.45) is 3.91. The van der Waals surface area contributed by atoms with Gasteiger partial charge in [-0.1, -0.05) is 6.92 Å². The number of hydrogen-bond donors (Lipinski definition) is 1. The Bertz CT molecular complexity index is 592. The van der Waals surface area contributed by atoms with E-state index < -0.39 is 5.91 Å². The zero-order chi connectivity index (χ0) is 15.7. The summed E-state index contributed by atoms with van der Waals surface area (Å²) in [6.45, 7) is 2.85. The van der Waals surface area contributed by atoms with Crippen LogP contribution in [0.3, 0.4) is 0 Å². The van der Waals surface area contributed by atoms with Crippen molar-refractivity contribution in [3.63, 3.8) is 0 Å². The molecule has 0 bridgehead atoms. The monoisotopic (exact) mass is 305 g/mol. The molecule has 1 aliphatic heterocycles. The van der Waals surface area contributed by atoms with E-state index >= 15 is 0 Å². The Kier molecular flexibility index (Phi) is 3.64. The highest BCUT2D eigenvalue weighted by Gasteiger charge is 2.49. The summed E-state index contributed by atoms with van der Waals surface area (Å²) >= 11 is 0. The molecule has 0 radical (unpaired) electrons. The molecule has 0 aromatic carbocycles. The summed E-state index contributed by atoms with van der Waals surface area (Å²) in [7, 11) is 0. The molecule has 2 fully saturated rings. The third-order valence-electron chi connectivity index (χ3n) is 4.22. The van der Waals surface area contributed by atoms with E-state index in [2.05, 4.69) is 5.32 Å².